The number of thiophene rings is 1. The molecule has 0 aliphatic rings. The van der Waals surface area contributed by atoms with E-state index in [9.17, 15) is 0 Å². The van der Waals surface area contributed by atoms with Gasteiger partial charge < -0.3 is 5.32 Å². The Balaban J connectivity index is 2.40. The Morgan fingerprint density at radius 3 is 2.40 bits per heavy atom. The molecule has 1 atom stereocenters. The van der Waals surface area contributed by atoms with Crippen molar-refractivity contribution in [3.05, 3.63) is 20.3 Å². The van der Waals surface area contributed by atoms with Gasteiger partial charge in [0.1, 0.15) is 0 Å². The Hall–Kier alpha value is 0.140. The zero-order chi connectivity index (χ0) is 14.8. The third-order valence-electron chi connectivity index (χ3n) is 3.71. The van der Waals surface area contributed by atoms with Gasteiger partial charge in [-0.15, -0.1) is 11.3 Å². The lowest BCUT2D eigenvalue weighted by molar-refractivity contribution is 0.472. The number of hydrogen-bond donors (Lipinski definition) is 1. The molecule has 0 bridgehead atoms. The van der Waals surface area contributed by atoms with Gasteiger partial charge in [-0.1, -0.05) is 52.4 Å². The van der Waals surface area contributed by atoms with E-state index in [4.69, 9.17) is 0 Å². The average Bonchev–Trinajstić information content (AvgIpc) is 2.77. The van der Waals surface area contributed by atoms with E-state index in [0.717, 1.165) is 6.54 Å². The van der Waals surface area contributed by atoms with Crippen LogP contribution in [0.5, 0.6) is 0 Å². The summed E-state index contributed by atoms with van der Waals surface area (Å²) >= 11 is 5.55. The van der Waals surface area contributed by atoms with Crippen LogP contribution < -0.4 is 5.32 Å². The number of nitrogens with one attached hydrogen (secondary N) is 1. The van der Waals surface area contributed by atoms with E-state index in [-0.39, 0.29) is 0 Å². The molecule has 20 heavy (non-hydrogen) atoms. The lowest BCUT2D eigenvalue weighted by Crippen LogP contribution is -2.21. The van der Waals surface area contributed by atoms with Crippen LogP contribution in [0.25, 0.3) is 0 Å². The Kier molecular flexibility index (Phi) is 9.83. The fourth-order valence-electron chi connectivity index (χ4n) is 2.45. The van der Waals surface area contributed by atoms with E-state index in [1.807, 2.05) is 11.3 Å². The van der Waals surface area contributed by atoms with Crippen LogP contribution in [0.15, 0.2) is 9.85 Å². The maximum atomic E-state index is 3.72. The van der Waals surface area contributed by atoms with Crippen LogP contribution >= 0.6 is 27.3 Å². The summed E-state index contributed by atoms with van der Waals surface area (Å²) in [7, 11) is 0. The second-order valence-corrected chi connectivity index (χ2v) is 8.07. The molecule has 0 aliphatic carbocycles. The van der Waals surface area contributed by atoms with Gasteiger partial charge in [-0.25, -0.2) is 0 Å². The molecule has 1 heterocycles. The maximum Gasteiger partial charge on any atom is 0.0731 e. The summed E-state index contributed by atoms with van der Waals surface area (Å²) in [5.74, 6) is 0. The van der Waals surface area contributed by atoms with Crippen molar-refractivity contribution in [2.45, 2.75) is 78.2 Å². The number of halogens is 1. The molecule has 0 aliphatic heterocycles. The normalized spacial score (nSPS) is 12.8. The quantitative estimate of drug-likeness (QED) is 0.438. The highest BCUT2D eigenvalue weighted by atomic mass is 79.9. The summed E-state index contributed by atoms with van der Waals surface area (Å²) in [6.07, 6.45) is 10.8. The second kappa shape index (κ2) is 10.8. The van der Waals surface area contributed by atoms with Crippen molar-refractivity contribution in [1.82, 2.24) is 5.32 Å². The first-order valence-electron chi connectivity index (χ1n) is 8.18. The Morgan fingerprint density at radius 1 is 1.10 bits per heavy atom. The first kappa shape index (κ1) is 18.2. The lowest BCUT2D eigenvalue weighted by Gasteiger charge is -2.17. The van der Waals surface area contributed by atoms with E-state index in [1.54, 1.807) is 0 Å². The molecule has 3 heteroatoms. The smallest absolute Gasteiger partial charge is 0.0731 e. The van der Waals surface area contributed by atoms with Gasteiger partial charge in [0.05, 0.1) is 3.79 Å². The molecule has 1 aromatic heterocycles. The second-order valence-electron chi connectivity index (χ2n) is 5.67. The molecule has 1 aromatic rings. The minimum Gasteiger partial charge on any atom is -0.309 e. The van der Waals surface area contributed by atoms with E-state index in [0.29, 0.717) is 6.04 Å². The van der Waals surface area contributed by atoms with Gasteiger partial charge in [0, 0.05) is 10.9 Å². The Morgan fingerprint density at radius 2 is 1.80 bits per heavy atom. The molecule has 0 spiro atoms. The summed E-state index contributed by atoms with van der Waals surface area (Å²) < 4.78 is 1.29. The molecule has 0 fully saturated rings. The monoisotopic (exact) mass is 359 g/mol. The minimum absolute atomic E-state index is 0.552. The molecule has 0 radical (unpaired) electrons. The van der Waals surface area contributed by atoms with Crippen molar-refractivity contribution in [3.8, 4) is 0 Å². The van der Waals surface area contributed by atoms with Crippen LogP contribution in [0.1, 0.15) is 81.7 Å². The van der Waals surface area contributed by atoms with Crippen LogP contribution in [0, 0.1) is 6.92 Å². The first-order chi connectivity index (χ1) is 9.69. The molecular weight excluding hydrogens is 330 g/mol. The fraction of sp³-hybridized carbons (Fsp3) is 0.765. The molecule has 1 nitrogen and oxygen atoms in total. The Labute approximate surface area is 137 Å². The first-order valence-corrected chi connectivity index (χ1v) is 9.79. The third kappa shape index (κ3) is 6.73. The largest absolute Gasteiger partial charge is 0.309 e. The standard InChI is InChI=1S/C17H30BrNS/c1-4-6-7-8-9-10-11-15(19-12-5-2)16-13-14(3)17(18)20-16/h13,15,19H,4-12H2,1-3H3. The van der Waals surface area contributed by atoms with Crippen LogP contribution in [0.4, 0.5) is 0 Å². The molecular formula is C17H30BrNS. The van der Waals surface area contributed by atoms with Crippen LogP contribution in [0.2, 0.25) is 0 Å². The van der Waals surface area contributed by atoms with Crippen molar-refractivity contribution in [1.29, 1.82) is 0 Å². The van der Waals surface area contributed by atoms with Gasteiger partial charge in [0.2, 0.25) is 0 Å². The molecule has 116 valence electrons. The number of aryl methyl sites for hydroxylation is 1. The van der Waals surface area contributed by atoms with E-state index >= 15 is 0 Å². The van der Waals surface area contributed by atoms with Crippen molar-refractivity contribution in [3.63, 3.8) is 0 Å². The number of hydrogen-bond acceptors (Lipinski definition) is 2. The van der Waals surface area contributed by atoms with Crippen molar-refractivity contribution in [2.75, 3.05) is 6.54 Å². The zero-order valence-electron chi connectivity index (χ0n) is 13.3. The van der Waals surface area contributed by atoms with Crippen molar-refractivity contribution >= 4 is 27.3 Å². The summed E-state index contributed by atoms with van der Waals surface area (Å²) in [5.41, 5.74) is 1.37. The van der Waals surface area contributed by atoms with Gasteiger partial charge in [-0.3, -0.25) is 0 Å². The van der Waals surface area contributed by atoms with Crippen LogP contribution in [-0.4, -0.2) is 6.54 Å². The summed E-state index contributed by atoms with van der Waals surface area (Å²) in [6.45, 7) is 7.83. The highest BCUT2D eigenvalue weighted by Crippen LogP contribution is 2.33. The lowest BCUT2D eigenvalue weighted by atomic mass is 10.0. The number of unbranched alkanes of at least 4 members (excludes halogenated alkanes) is 5. The van der Waals surface area contributed by atoms with Gasteiger partial charge >= 0.3 is 0 Å². The van der Waals surface area contributed by atoms with Gasteiger partial charge in [0.25, 0.3) is 0 Å². The zero-order valence-corrected chi connectivity index (χ0v) is 15.7. The predicted octanol–water partition coefficient (Wildman–Crippen LogP) is 6.61. The van der Waals surface area contributed by atoms with E-state index in [1.165, 1.54) is 65.6 Å². The summed E-state index contributed by atoms with van der Waals surface area (Å²) in [4.78, 5) is 1.50. The van der Waals surface area contributed by atoms with E-state index < -0.39 is 0 Å². The minimum atomic E-state index is 0.552. The topological polar surface area (TPSA) is 12.0 Å². The maximum absolute atomic E-state index is 3.72. The molecule has 1 rings (SSSR count). The molecule has 0 amide bonds. The molecule has 1 N–H and O–H groups in total. The van der Waals surface area contributed by atoms with Gasteiger partial charge in [0.15, 0.2) is 0 Å². The number of rotatable bonds is 11. The molecule has 0 saturated carbocycles. The van der Waals surface area contributed by atoms with E-state index in [2.05, 4.69) is 48.1 Å². The van der Waals surface area contributed by atoms with Crippen molar-refractivity contribution in [2.24, 2.45) is 0 Å². The predicted molar refractivity (Wildman–Crippen MR) is 95.8 cm³/mol. The molecule has 0 aromatic carbocycles. The van der Waals surface area contributed by atoms with Crippen LogP contribution in [0.3, 0.4) is 0 Å². The van der Waals surface area contributed by atoms with Gasteiger partial charge in [-0.05, 0) is 53.9 Å². The van der Waals surface area contributed by atoms with Crippen LogP contribution in [-0.2, 0) is 0 Å². The average molecular weight is 360 g/mol. The highest BCUT2D eigenvalue weighted by molar-refractivity contribution is 9.11. The van der Waals surface area contributed by atoms with Gasteiger partial charge in [-0.2, -0.15) is 0 Å². The Bertz CT molecular complexity index is 342. The van der Waals surface area contributed by atoms with Crippen molar-refractivity contribution < 1.29 is 0 Å². The summed E-state index contributed by atoms with van der Waals surface area (Å²) in [6, 6.07) is 2.90. The molecule has 0 saturated heterocycles. The summed E-state index contributed by atoms with van der Waals surface area (Å²) in [5, 5.41) is 3.72. The fourth-order valence-corrected chi connectivity index (χ4v) is 4.13. The SMILES string of the molecule is CCCCCCCCC(NCCC)c1cc(C)c(Br)s1. The molecule has 1 unspecified atom stereocenters. The highest BCUT2D eigenvalue weighted by Gasteiger charge is 2.14. The third-order valence-corrected chi connectivity index (χ3v) is 5.96.